The molecule has 1 heterocycles. The molecule has 118 valence electrons. The van der Waals surface area contributed by atoms with Gasteiger partial charge in [0.2, 0.25) is 0 Å². The van der Waals surface area contributed by atoms with Gasteiger partial charge in [-0.05, 0) is 51.7 Å². The van der Waals surface area contributed by atoms with Crippen molar-refractivity contribution >= 4 is 7.82 Å². The van der Waals surface area contributed by atoms with E-state index in [1.54, 1.807) is 6.92 Å². The summed E-state index contributed by atoms with van der Waals surface area (Å²) < 4.78 is 22.0. The molecule has 6 nitrogen and oxygen atoms in total. The Morgan fingerprint density at radius 2 is 1.90 bits per heavy atom. The number of rotatable bonds is 3. The summed E-state index contributed by atoms with van der Waals surface area (Å²) in [5, 5.41) is 9.63. The van der Waals surface area contributed by atoms with Gasteiger partial charge in [-0.3, -0.25) is 9.79 Å². The molecule has 0 unspecified atom stereocenters. The van der Waals surface area contributed by atoms with Crippen LogP contribution in [0.4, 0.5) is 0 Å². The fourth-order valence-electron chi connectivity index (χ4n) is 2.63. The minimum Gasteiger partial charge on any atom is -0.487 e. The van der Waals surface area contributed by atoms with Crippen LogP contribution in [0.1, 0.15) is 42.5 Å². The molecular formula is C14H21O6P. The van der Waals surface area contributed by atoms with Crippen LogP contribution in [-0.4, -0.2) is 20.5 Å². The summed E-state index contributed by atoms with van der Waals surface area (Å²) in [6.45, 7) is 7.14. The Kier molecular flexibility index (Phi) is 4.10. The smallest absolute Gasteiger partial charge is 0.487 e. The molecule has 21 heavy (non-hydrogen) atoms. The van der Waals surface area contributed by atoms with Crippen LogP contribution in [0.5, 0.6) is 11.5 Å². The van der Waals surface area contributed by atoms with Crippen LogP contribution in [0.25, 0.3) is 0 Å². The molecule has 0 aromatic heterocycles. The highest BCUT2D eigenvalue weighted by molar-refractivity contribution is 7.46. The summed E-state index contributed by atoms with van der Waals surface area (Å²) in [6, 6.07) is 0. The summed E-state index contributed by atoms with van der Waals surface area (Å²) in [5.41, 5.74) is 2.20. The number of ether oxygens (including phenoxy) is 1. The Bertz CT molecular complexity index is 617. The lowest BCUT2D eigenvalue weighted by Crippen LogP contribution is -2.33. The van der Waals surface area contributed by atoms with Gasteiger partial charge in [-0.15, -0.1) is 0 Å². The Morgan fingerprint density at radius 3 is 2.43 bits per heavy atom. The zero-order valence-electron chi connectivity index (χ0n) is 12.6. The van der Waals surface area contributed by atoms with E-state index in [9.17, 15) is 9.67 Å². The molecule has 0 saturated carbocycles. The Balaban J connectivity index is 2.66. The minimum atomic E-state index is -4.69. The van der Waals surface area contributed by atoms with Gasteiger partial charge in [0, 0.05) is 11.1 Å². The molecular weight excluding hydrogens is 295 g/mol. The molecule has 0 saturated heterocycles. The molecule has 0 amide bonds. The van der Waals surface area contributed by atoms with Crippen LogP contribution in [0, 0.1) is 13.8 Å². The van der Waals surface area contributed by atoms with Gasteiger partial charge >= 0.3 is 7.82 Å². The largest absolute Gasteiger partial charge is 0.524 e. The zero-order valence-corrected chi connectivity index (χ0v) is 13.5. The van der Waals surface area contributed by atoms with Gasteiger partial charge in [0.15, 0.2) is 0 Å². The van der Waals surface area contributed by atoms with Crippen molar-refractivity contribution in [1.29, 1.82) is 0 Å². The number of phosphoric ester groups is 1. The maximum atomic E-state index is 11.2. The van der Waals surface area contributed by atoms with Crippen molar-refractivity contribution in [2.24, 2.45) is 0 Å². The molecule has 0 radical (unpaired) electrons. The van der Waals surface area contributed by atoms with Gasteiger partial charge in [-0.1, -0.05) is 0 Å². The molecule has 0 fully saturated rings. The zero-order chi connectivity index (χ0) is 16.0. The average molecular weight is 316 g/mol. The molecule has 0 atom stereocenters. The summed E-state index contributed by atoms with van der Waals surface area (Å²) in [4.78, 5) is 18.1. The van der Waals surface area contributed by atoms with Crippen molar-refractivity contribution in [1.82, 2.24) is 0 Å². The molecule has 1 aromatic carbocycles. The van der Waals surface area contributed by atoms with Crippen molar-refractivity contribution in [3.63, 3.8) is 0 Å². The number of hydrogen-bond acceptors (Lipinski definition) is 4. The highest BCUT2D eigenvalue weighted by Crippen LogP contribution is 2.48. The first-order valence-corrected chi connectivity index (χ1v) is 8.28. The third-order valence-corrected chi connectivity index (χ3v) is 4.30. The lowest BCUT2D eigenvalue weighted by atomic mass is 9.88. The normalized spacial score (nSPS) is 17.1. The molecule has 1 aromatic rings. The first kappa shape index (κ1) is 16.3. The van der Waals surface area contributed by atoms with Crippen LogP contribution in [0.2, 0.25) is 0 Å². The highest BCUT2D eigenvalue weighted by Gasteiger charge is 2.33. The first-order chi connectivity index (χ1) is 9.56. The summed E-state index contributed by atoms with van der Waals surface area (Å²) in [5.74, 6) is 0.747. The average Bonchev–Trinajstić information content (AvgIpc) is 2.35. The van der Waals surface area contributed by atoms with Crippen molar-refractivity contribution < 1.29 is 28.7 Å². The SMILES string of the molecule is Cc1c(C)c(OP(=O)(O)O)c(CO)c2c1OC(C)(C)CC2. The molecule has 1 aliphatic heterocycles. The Morgan fingerprint density at radius 1 is 1.29 bits per heavy atom. The number of benzene rings is 1. The predicted molar refractivity (Wildman–Crippen MR) is 77.5 cm³/mol. The van der Waals surface area contributed by atoms with Gasteiger partial charge in [0.25, 0.3) is 0 Å². The fraction of sp³-hybridized carbons (Fsp3) is 0.571. The van der Waals surface area contributed by atoms with Crippen LogP contribution >= 0.6 is 7.82 Å². The number of hydrogen-bond donors (Lipinski definition) is 3. The molecule has 3 N–H and O–H groups in total. The lowest BCUT2D eigenvalue weighted by Gasteiger charge is -2.35. The lowest BCUT2D eigenvalue weighted by molar-refractivity contribution is 0.0823. The van der Waals surface area contributed by atoms with E-state index in [0.29, 0.717) is 23.3 Å². The molecule has 0 spiro atoms. The van der Waals surface area contributed by atoms with Gasteiger partial charge in [0.1, 0.15) is 17.1 Å². The standard InChI is InChI=1S/C14H21O6P/c1-8-9(2)13(20-21(16,17)18)11(7-15)10-5-6-14(3,4)19-12(8)10/h15H,5-7H2,1-4H3,(H2,16,17,18). The van der Waals surface area contributed by atoms with E-state index in [1.165, 1.54) is 0 Å². The van der Waals surface area contributed by atoms with Crippen molar-refractivity contribution in [3.05, 3.63) is 22.3 Å². The van der Waals surface area contributed by atoms with Crippen LogP contribution in [-0.2, 0) is 17.6 Å². The molecule has 0 bridgehead atoms. The van der Waals surface area contributed by atoms with E-state index < -0.39 is 7.82 Å². The second-order valence-electron chi connectivity index (χ2n) is 5.97. The second-order valence-corrected chi connectivity index (χ2v) is 7.13. The van der Waals surface area contributed by atoms with Crippen molar-refractivity contribution in [2.45, 2.75) is 52.7 Å². The van der Waals surface area contributed by atoms with Crippen molar-refractivity contribution in [3.8, 4) is 11.5 Å². The summed E-state index contributed by atoms with van der Waals surface area (Å²) in [6.07, 6.45) is 1.42. The first-order valence-electron chi connectivity index (χ1n) is 6.75. The van der Waals surface area contributed by atoms with Gasteiger partial charge in [-0.2, -0.15) is 0 Å². The minimum absolute atomic E-state index is 0.0605. The highest BCUT2D eigenvalue weighted by atomic mass is 31.2. The van der Waals surface area contributed by atoms with E-state index in [1.807, 2.05) is 20.8 Å². The maximum Gasteiger partial charge on any atom is 0.524 e. The third-order valence-electron chi connectivity index (χ3n) is 3.88. The Labute approximate surface area is 124 Å². The quantitative estimate of drug-likeness (QED) is 0.741. The van der Waals surface area contributed by atoms with Crippen LogP contribution in [0.3, 0.4) is 0 Å². The van der Waals surface area contributed by atoms with Crippen LogP contribution in [0.15, 0.2) is 0 Å². The number of aliphatic hydroxyl groups is 1. The second kappa shape index (κ2) is 5.29. The van der Waals surface area contributed by atoms with E-state index >= 15 is 0 Å². The molecule has 1 aliphatic rings. The van der Waals surface area contributed by atoms with Gasteiger partial charge in [0.05, 0.1) is 6.61 Å². The molecule has 2 rings (SSSR count). The number of phosphoric acid groups is 1. The topological polar surface area (TPSA) is 96.2 Å². The predicted octanol–water partition coefficient (Wildman–Crippen LogP) is 2.37. The Hall–Kier alpha value is -1.07. The van der Waals surface area contributed by atoms with Gasteiger partial charge in [-0.25, -0.2) is 4.57 Å². The number of fused-ring (bicyclic) bond motifs is 1. The van der Waals surface area contributed by atoms with Crippen molar-refractivity contribution in [2.75, 3.05) is 0 Å². The maximum absolute atomic E-state index is 11.2. The van der Waals surface area contributed by atoms with E-state index in [4.69, 9.17) is 19.0 Å². The number of aliphatic hydroxyl groups excluding tert-OH is 1. The monoisotopic (exact) mass is 316 g/mol. The summed E-state index contributed by atoms with van der Waals surface area (Å²) in [7, 11) is -4.69. The fourth-order valence-corrected chi connectivity index (χ4v) is 3.12. The third kappa shape index (κ3) is 3.24. The van der Waals surface area contributed by atoms with E-state index in [2.05, 4.69) is 0 Å². The molecule has 0 aliphatic carbocycles. The van der Waals surface area contributed by atoms with E-state index in [-0.39, 0.29) is 18.0 Å². The van der Waals surface area contributed by atoms with Crippen LogP contribution < -0.4 is 9.26 Å². The van der Waals surface area contributed by atoms with Gasteiger partial charge < -0.3 is 14.4 Å². The summed E-state index contributed by atoms with van der Waals surface area (Å²) >= 11 is 0. The molecule has 7 heteroatoms. The van der Waals surface area contributed by atoms with E-state index in [0.717, 1.165) is 17.5 Å².